The van der Waals surface area contributed by atoms with E-state index < -0.39 is 94.8 Å². The van der Waals surface area contributed by atoms with Crippen molar-refractivity contribution >= 4 is 16.8 Å². The van der Waals surface area contributed by atoms with Gasteiger partial charge in [-0.3, -0.25) is 19.3 Å². The highest BCUT2D eigenvalue weighted by molar-refractivity contribution is 5.93. The van der Waals surface area contributed by atoms with Crippen molar-refractivity contribution < 1.29 is 40.6 Å². The quantitative estimate of drug-likeness (QED) is 0.0943. The van der Waals surface area contributed by atoms with Gasteiger partial charge in [0.25, 0.3) is 11.5 Å². The number of rotatable bonds is 8. The van der Waals surface area contributed by atoms with E-state index in [-0.39, 0.29) is 43.7 Å². The Balaban J connectivity index is 1.52. The first-order valence-corrected chi connectivity index (χ1v) is 16.2. The van der Waals surface area contributed by atoms with E-state index in [1.807, 2.05) is 0 Å². The molecule has 6 rings (SSSR count). The molecule has 4 N–H and O–H groups in total. The summed E-state index contributed by atoms with van der Waals surface area (Å²) in [4.78, 5) is 48.1. The lowest BCUT2D eigenvalue weighted by Crippen LogP contribution is -2.35. The first-order chi connectivity index (χ1) is 25.2. The van der Waals surface area contributed by atoms with Gasteiger partial charge in [0.05, 0.1) is 28.6 Å². The number of hydrogen-bond acceptors (Lipinski definition) is 6. The van der Waals surface area contributed by atoms with Crippen LogP contribution >= 0.6 is 0 Å². The smallest absolute Gasteiger partial charge is 0.378 e. The Morgan fingerprint density at radius 3 is 2.46 bits per heavy atom. The number of halogens is 7. The normalized spacial score (nSPS) is 15.7. The van der Waals surface area contributed by atoms with Crippen LogP contribution in [0.1, 0.15) is 53.8 Å². The van der Waals surface area contributed by atoms with E-state index in [0.717, 1.165) is 18.2 Å². The van der Waals surface area contributed by atoms with E-state index in [4.69, 9.17) is 0 Å². The van der Waals surface area contributed by atoms with Crippen molar-refractivity contribution in [1.29, 1.82) is 0 Å². The number of aromatic nitrogens is 5. The van der Waals surface area contributed by atoms with Crippen molar-refractivity contribution in [3.05, 3.63) is 128 Å². The predicted octanol–water partition coefficient (Wildman–Crippen LogP) is 5.44. The third-order valence-corrected chi connectivity index (χ3v) is 8.62. The fourth-order valence-electron chi connectivity index (χ4n) is 6.39. The number of hydrogen-bond donors (Lipinski definition) is 4. The molecule has 54 heavy (non-hydrogen) atoms. The molecule has 2 atom stereocenters. The lowest BCUT2D eigenvalue weighted by molar-refractivity contribution is -0.142. The first-order valence-electron chi connectivity index (χ1n) is 16.2. The van der Waals surface area contributed by atoms with Crippen LogP contribution in [0.5, 0.6) is 0 Å². The molecule has 0 aliphatic heterocycles. The monoisotopic (exact) mass is 754 g/mol. The second-order valence-electron chi connectivity index (χ2n) is 13.2. The standard InChI is InChI=1S/C37H29F7N6O4/c1-4-19-15-26-31(37(42,43)44)49-50(32(26)36(19,40)41)17-28(51)46-27(14-18-12-20(38)16-21(39)13-18)30-24(9-8-22(45-30)10-11-35(2,3)54)23-6-5-7-25-29(23)47-34(53)48-33(25)52/h4-9,12-13,16,19,27,54H,1,14-15,17H2,2-3H3,(H,46,51)(H2,47,48,52,53). The highest BCUT2D eigenvalue weighted by atomic mass is 19.4. The van der Waals surface area contributed by atoms with E-state index in [0.29, 0.717) is 6.07 Å². The summed E-state index contributed by atoms with van der Waals surface area (Å²) in [6, 6.07) is 8.39. The minimum absolute atomic E-state index is 0.0157. The summed E-state index contributed by atoms with van der Waals surface area (Å²) in [6.45, 7) is 4.97. The number of para-hydroxylation sites is 1. The molecule has 0 saturated heterocycles. The van der Waals surface area contributed by atoms with Crippen LogP contribution in [0.25, 0.3) is 22.0 Å². The molecular formula is C37H29F7N6O4. The molecule has 0 fully saturated rings. The number of alkyl halides is 5. The van der Waals surface area contributed by atoms with E-state index in [2.05, 4.69) is 43.8 Å². The molecular weight excluding hydrogens is 725 g/mol. The number of pyridine rings is 1. The number of allylic oxidation sites excluding steroid dienone is 1. The first kappa shape index (κ1) is 37.7. The Kier molecular flexibility index (Phi) is 9.61. The minimum atomic E-state index is -5.13. The van der Waals surface area contributed by atoms with Crippen molar-refractivity contribution in [2.75, 3.05) is 0 Å². The molecule has 0 radical (unpaired) electrons. The molecule has 3 heterocycles. The number of amides is 1. The Hall–Kier alpha value is -6.02. The molecule has 0 bridgehead atoms. The van der Waals surface area contributed by atoms with Crippen LogP contribution < -0.4 is 16.6 Å². The second kappa shape index (κ2) is 13.8. The van der Waals surface area contributed by atoms with Crippen LogP contribution in [-0.4, -0.2) is 41.3 Å². The maximum Gasteiger partial charge on any atom is 0.435 e. The molecule has 5 aromatic rings. The van der Waals surface area contributed by atoms with E-state index >= 15 is 8.78 Å². The van der Waals surface area contributed by atoms with E-state index in [1.54, 1.807) is 0 Å². The lowest BCUT2D eigenvalue weighted by Gasteiger charge is -2.23. The van der Waals surface area contributed by atoms with Crippen molar-refractivity contribution in [2.45, 2.75) is 57.0 Å². The van der Waals surface area contributed by atoms with Crippen LogP contribution in [0.3, 0.4) is 0 Å². The Bertz CT molecular complexity index is 2480. The molecule has 1 aliphatic rings. The van der Waals surface area contributed by atoms with Gasteiger partial charge in [-0.25, -0.2) is 18.6 Å². The molecule has 2 unspecified atom stereocenters. The largest absolute Gasteiger partial charge is 0.435 e. The van der Waals surface area contributed by atoms with Crippen LogP contribution in [0, 0.1) is 29.4 Å². The molecule has 1 amide bonds. The fraction of sp³-hybridized carbons (Fsp3) is 0.270. The van der Waals surface area contributed by atoms with Crippen LogP contribution in [0.4, 0.5) is 30.7 Å². The Morgan fingerprint density at radius 2 is 1.81 bits per heavy atom. The maximum absolute atomic E-state index is 15.4. The molecule has 0 saturated carbocycles. The summed E-state index contributed by atoms with van der Waals surface area (Å²) in [7, 11) is 0. The van der Waals surface area contributed by atoms with E-state index in [9.17, 15) is 41.4 Å². The topological polar surface area (TPSA) is 146 Å². The zero-order valence-corrected chi connectivity index (χ0v) is 28.3. The summed E-state index contributed by atoms with van der Waals surface area (Å²) >= 11 is 0. The third kappa shape index (κ3) is 7.55. The van der Waals surface area contributed by atoms with Gasteiger partial charge in [-0.2, -0.15) is 27.1 Å². The third-order valence-electron chi connectivity index (χ3n) is 8.62. The summed E-state index contributed by atoms with van der Waals surface area (Å²) in [5, 5.41) is 16.2. The van der Waals surface area contributed by atoms with Gasteiger partial charge in [-0.1, -0.05) is 24.1 Å². The molecule has 17 heteroatoms. The summed E-state index contributed by atoms with van der Waals surface area (Å²) in [6.07, 6.45) is -5.46. The predicted molar refractivity (Wildman–Crippen MR) is 181 cm³/mol. The zero-order chi connectivity index (χ0) is 39.3. The SMILES string of the molecule is C=CC1Cc2c(C(F)(F)F)nn(CC(=O)NC(Cc3cc(F)cc(F)c3)c3nc(C#CC(C)(C)O)ccc3-c3cccc4c(=O)[nH]c(=O)[nH]c34)c2C1(F)F. The molecule has 3 aromatic heterocycles. The molecule has 1 aliphatic carbocycles. The Morgan fingerprint density at radius 1 is 1.11 bits per heavy atom. The van der Waals surface area contributed by atoms with Gasteiger partial charge in [0.1, 0.15) is 35.2 Å². The molecule has 280 valence electrons. The highest BCUT2D eigenvalue weighted by Crippen LogP contribution is 2.50. The molecule has 10 nitrogen and oxygen atoms in total. The number of aliphatic hydroxyl groups is 1. The number of nitrogens with one attached hydrogen (secondary N) is 3. The fourth-order valence-corrected chi connectivity index (χ4v) is 6.39. The van der Waals surface area contributed by atoms with Gasteiger partial charge in [0, 0.05) is 22.8 Å². The van der Waals surface area contributed by atoms with Crippen molar-refractivity contribution in [3.8, 4) is 23.0 Å². The van der Waals surface area contributed by atoms with Gasteiger partial charge in [0.2, 0.25) is 5.91 Å². The second-order valence-corrected chi connectivity index (χ2v) is 13.2. The van der Waals surface area contributed by atoms with Crippen LogP contribution in [0.2, 0.25) is 0 Å². The van der Waals surface area contributed by atoms with Gasteiger partial charge in [-0.05, 0) is 68.5 Å². The van der Waals surface area contributed by atoms with Gasteiger partial charge in [-0.15, -0.1) is 6.58 Å². The van der Waals surface area contributed by atoms with Crippen LogP contribution in [0.15, 0.2) is 70.8 Å². The van der Waals surface area contributed by atoms with Crippen LogP contribution in [-0.2, 0) is 36.3 Å². The average Bonchev–Trinajstić information content (AvgIpc) is 3.56. The summed E-state index contributed by atoms with van der Waals surface area (Å²) in [5.74, 6) is -3.40. The highest BCUT2D eigenvalue weighted by Gasteiger charge is 2.55. The molecule has 2 aromatic carbocycles. The maximum atomic E-state index is 15.4. The van der Waals surface area contributed by atoms with Crippen molar-refractivity contribution in [3.63, 3.8) is 0 Å². The Labute approximate surface area is 300 Å². The van der Waals surface area contributed by atoms with E-state index in [1.165, 1.54) is 44.2 Å². The van der Waals surface area contributed by atoms with Crippen molar-refractivity contribution in [1.82, 2.24) is 30.0 Å². The lowest BCUT2D eigenvalue weighted by atomic mass is 9.93. The number of H-pyrrole nitrogens is 2. The zero-order valence-electron chi connectivity index (χ0n) is 28.3. The minimum Gasteiger partial charge on any atom is -0.378 e. The van der Waals surface area contributed by atoms with Gasteiger partial charge >= 0.3 is 11.9 Å². The van der Waals surface area contributed by atoms with Gasteiger partial charge in [0.15, 0.2) is 5.69 Å². The number of nitrogens with zero attached hydrogens (tertiary/aromatic N) is 3. The number of fused-ring (bicyclic) bond motifs is 2. The summed E-state index contributed by atoms with van der Waals surface area (Å²) in [5.41, 5.74) is -6.26. The number of benzene rings is 2. The number of carbonyl (C=O) groups is 1. The summed E-state index contributed by atoms with van der Waals surface area (Å²) < 4.78 is 102. The number of carbonyl (C=O) groups excluding carboxylic acids is 1. The molecule has 0 spiro atoms. The number of aromatic amines is 2. The average molecular weight is 755 g/mol. The van der Waals surface area contributed by atoms with Gasteiger partial charge < -0.3 is 15.4 Å². The van der Waals surface area contributed by atoms with Crippen molar-refractivity contribution in [2.24, 2.45) is 5.92 Å².